The zero-order valence-electron chi connectivity index (χ0n) is 12.5. The minimum Gasteiger partial charge on any atom is -0.507 e. The van der Waals surface area contributed by atoms with Gasteiger partial charge in [0.25, 0.3) is 0 Å². The molecule has 0 radical (unpaired) electrons. The number of hydrogen-bond donors (Lipinski definition) is 1. The van der Waals surface area contributed by atoms with Crippen LogP contribution in [0.25, 0.3) is 0 Å². The van der Waals surface area contributed by atoms with Crippen molar-refractivity contribution in [2.75, 3.05) is 13.1 Å². The second-order valence-corrected chi connectivity index (χ2v) is 6.16. The molecule has 1 aromatic carbocycles. The molecular formula is C16H26BrNO. The molecular weight excluding hydrogens is 302 g/mol. The average molecular weight is 328 g/mol. The van der Waals surface area contributed by atoms with Crippen molar-refractivity contribution in [3.63, 3.8) is 0 Å². The van der Waals surface area contributed by atoms with Crippen LogP contribution < -0.4 is 0 Å². The zero-order chi connectivity index (χ0) is 14.4. The maximum absolute atomic E-state index is 10.2. The van der Waals surface area contributed by atoms with Gasteiger partial charge < -0.3 is 5.11 Å². The van der Waals surface area contributed by atoms with Crippen LogP contribution in [0, 0.1) is 12.8 Å². The van der Waals surface area contributed by atoms with E-state index in [0.29, 0.717) is 5.75 Å². The topological polar surface area (TPSA) is 23.5 Å². The maximum Gasteiger partial charge on any atom is 0.123 e. The summed E-state index contributed by atoms with van der Waals surface area (Å²) in [5, 5.41) is 10.2. The van der Waals surface area contributed by atoms with Gasteiger partial charge in [0.1, 0.15) is 5.75 Å². The van der Waals surface area contributed by atoms with Gasteiger partial charge in [-0.15, -0.1) is 0 Å². The van der Waals surface area contributed by atoms with Gasteiger partial charge in [0.05, 0.1) is 0 Å². The van der Waals surface area contributed by atoms with E-state index in [1.165, 1.54) is 12.8 Å². The highest BCUT2D eigenvalue weighted by Gasteiger charge is 2.13. The van der Waals surface area contributed by atoms with Crippen LogP contribution in [0.15, 0.2) is 16.6 Å². The Bertz CT molecular complexity index is 402. The Morgan fingerprint density at radius 3 is 2.37 bits per heavy atom. The average Bonchev–Trinajstić information content (AvgIpc) is 2.39. The molecule has 108 valence electrons. The molecule has 0 saturated carbocycles. The monoisotopic (exact) mass is 327 g/mol. The van der Waals surface area contributed by atoms with Crippen LogP contribution in [-0.2, 0) is 6.54 Å². The van der Waals surface area contributed by atoms with Gasteiger partial charge >= 0.3 is 0 Å². The van der Waals surface area contributed by atoms with E-state index in [9.17, 15) is 5.11 Å². The molecule has 0 fully saturated rings. The van der Waals surface area contributed by atoms with Crippen LogP contribution in [0.1, 0.15) is 44.7 Å². The Kier molecular flexibility index (Phi) is 6.87. The number of rotatable bonds is 7. The first-order valence-corrected chi connectivity index (χ1v) is 8.01. The van der Waals surface area contributed by atoms with Crippen LogP contribution in [-0.4, -0.2) is 23.1 Å². The highest BCUT2D eigenvalue weighted by atomic mass is 79.9. The summed E-state index contributed by atoms with van der Waals surface area (Å²) < 4.78 is 1.04. The lowest BCUT2D eigenvalue weighted by Crippen LogP contribution is -2.28. The summed E-state index contributed by atoms with van der Waals surface area (Å²) in [7, 11) is 0. The number of aromatic hydroxyl groups is 1. The molecule has 0 aliphatic rings. The molecule has 0 spiro atoms. The molecule has 0 unspecified atom stereocenters. The van der Waals surface area contributed by atoms with Crippen LogP contribution in [0.4, 0.5) is 0 Å². The van der Waals surface area contributed by atoms with Gasteiger partial charge in [0.2, 0.25) is 0 Å². The number of phenols is 1. The Morgan fingerprint density at radius 2 is 1.84 bits per heavy atom. The van der Waals surface area contributed by atoms with E-state index in [-0.39, 0.29) is 0 Å². The molecule has 1 rings (SSSR count). The number of hydrogen-bond acceptors (Lipinski definition) is 2. The molecule has 0 atom stereocenters. The largest absolute Gasteiger partial charge is 0.507 e. The smallest absolute Gasteiger partial charge is 0.123 e. The first-order chi connectivity index (χ1) is 9.01. The fraction of sp³-hybridized carbons (Fsp3) is 0.625. The maximum atomic E-state index is 10.2. The van der Waals surface area contributed by atoms with Crippen molar-refractivity contribution in [1.82, 2.24) is 4.90 Å². The molecule has 0 saturated heterocycles. The highest BCUT2D eigenvalue weighted by Crippen LogP contribution is 2.28. The number of aryl methyl sites for hydroxylation is 1. The van der Waals surface area contributed by atoms with E-state index in [2.05, 4.69) is 41.6 Å². The van der Waals surface area contributed by atoms with Gasteiger partial charge in [-0.3, -0.25) is 4.90 Å². The van der Waals surface area contributed by atoms with E-state index in [1.54, 1.807) is 0 Å². The van der Waals surface area contributed by atoms with Gasteiger partial charge in [-0.05, 0) is 37.1 Å². The first kappa shape index (κ1) is 16.5. The summed E-state index contributed by atoms with van der Waals surface area (Å²) in [5.74, 6) is 1.18. The summed E-state index contributed by atoms with van der Waals surface area (Å²) in [6, 6.07) is 3.98. The second kappa shape index (κ2) is 7.91. The van der Waals surface area contributed by atoms with Gasteiger partial charge in [-0.2, -0.15) is 0 Å². The van der Waals surface area contributed by atoms with Gasteiger partial charge in [-0.25, -0.2) is 0 Å². The number of phenolic OH excluding ortho intramolecular Hbond substituents is 1. The summed E-state index contributed by atoms with van der Waals surface area (Å²) in [4.78, 5) is 2.42. The van der Waals surface area contributed by atoms with E-state index in [4.69, 9.17) is 0 Å². The zero-order valence-corrected chi connectivity index (χ0v) is 14.1. The van der Waals surface area contributed by atoms with Crippen molar-refractivity contribution < 1.29 is 5.11 Å². The Labute approximate surface area is 126 Å². The van der Waals surface area contributed by atoms with Crippen LogP contribution in [0.5, 0.6) is 5.75 Å². The molecule has 0 amide bonds. The predicted octanol–water partition coefficient (Wildman–Crippen LogP) is 4.72. The first-order valence-electron chi connectivity index (χ1n) is 7.22. The van der Waals surface area contributed by atoms with Crippen molar-refractivity contribution in [3.8, 4) is 5.75 Å². The highest BCUT2D eigenvalue weighted by molar-refractivity contribution is 9.10. The van der Waals surface area contributed by atoms with Crippen LogP contribution in [0.2, 0.25) is 0 Å². The van der Waals surface area contributed by atoms with Crippen molar-refractivity contribution in [2.45, 2.75) is 47.1 Å². The van der Waals surface area contributed by atoms with Crippen LogP contribution in [0.3, 0.4) is 0 Å². The third-order valence-electron chi connectivity index (χ3n) is 3.86. The molecule has 0 aromatic heterocycles. The fourth-order valence-corrected chi connectivity index (χ4v) is 3.00. The molecule has 0 aliphatic carbocycles. The lowest BCUT2D eigenvalue weighted by molar-refractivity contribution is 0.224. The molecule has 1 N–H and O–H groups in total. The third-order valence-corrected chi connectivity index (χ3v) is 4.31. The van der Waals surface area contributed by atoms with Crippen molar-refractivity contribution in [3.05, 3.63) is 27.7 Å². The number of nitrogens with zero attached hydrogens (tertiary/aromatic N) is 1. The summed E-state index contributed by atoms with van der Waals surface area (Å²) >= 11 is 3.51. The minimum absolute atomic E-state index is 0.436. The summed E-state index contributed by atoms with van der Waals surface area (Å²) in [6.07, 6.45) is 2.44. The SMILES string of the molecule is CCC(CC)CN(CC)Cc1cc(Br)cc(C)c1O. The Hall–Kier alpha value is -0.540. The molecule has 2 nitrogen and oxygen atoms in total. The lowest BCUT2D eigenvalue weighted by Gasteiger charge is -2.26. The standard InChI is InChI=1S/C16H26BrNO/c1-5-13(6-2)10-18(7-3)11-14-9-15(17)8-12(4)16(14)19/h8-9,13,19H,5-7,10-11H2,1-4H3. The quantitative estimate of drug-likeness (QED) is 0.783. The molecule has 0 aliphatic heterocycles. The van der Waals surface area contributed by atoms with Crippen molar-refractivity contribution in [1.29, 1.82) is 0 Å². The van der Waals surface area contributed by atoms with Gasteiger partial charge in [0.15, 0.2) is 0 Å². The van der Waals surface area contributed by atoms with Gasteiger partial charge in [0, 0.05) is 23.1 Å². The summed E-state index contributed by atoms with van der Waals surface area (Å²) in [5.41, 5.74) is 1.95. The molecule has 0 bridgehead atoms. The van der Waals surface area contributed by atoms with E-state index in [0.717, 1.165) is 41.2 Å². The number of halogens is 1. The fourth-order valence-electron chi connectivity index (χ4n) is 2.38. The van der Waals surface area contributed by atoms with E-state index >= 15 is 0 Å². The molecule has 19 heavy (non-hydrogen) atoms. The minimum atomic E-state index is 0.436. The number of benzene rings is 1. The molecule has 1 aromatic rings. The van der Waals surface area contributed by atoms with Crippen LogP contribution >= 0.6 is 15.9 Å². The molecule has 0 heterocycles. The van der Waals surface area contributed by atoms with E-state index in [1.807, 2.05) is 19.1 Å². The van der Waals surface area contributed by atoms with Gasteiger partial charge in [-0.1, -0.05) is 49.5 Å². The second-order valence-electron chi connectivity index (χ2n) is 5.24. The lowest BCUT2D eigenvalue weighted by atomic mass is 10.0. The van der Waals surface area contributed by atoms with E-state index < -0.39 is 0 Å². The summed E-state index contributed by atoms with van der Waals surface area (Å²) in [6.45, 7) is 11.6. The van der Waals surface area contributed by atoms with Crippen molar-refractivity contribution >= 4 is 15.9 Å². The predicted molar refractivity (Wildman–Crippen MR) is 85.6 cm³/mol. The Balaban J connectivity index is 2.81. The van der Waals surface area contributed by atoms with Crippen molar-refractivity contribution in [2.24, 2.45) is 5.92 Å². The normalized spacial score (nSPS) is 11.5. The molecule has 3 heteroatoms. The Morgan fingerprint density at radius 1 is 1.21 bits per heavy atom. The third kappa shape index (κ3) is 4.81.